The van der Waals surface area contributed by atoms with Gasteiger partial charge < -0.3 is 14.9 Å². The van der Waals surface area contributed by atoms with E-state index in [0.29, 0.717) is 0 Å². The summed E-state index contributed by atoms with van der Waals surface area (Å²) < 4.78 is 4.77. The highest BCUT2D eigenvalue weighted by Crippen LogP contribution is 2.34. The van der Waals surface area contributed by atoms with Gasteiger partial charge in [-0.1, -0.05) is 79.4 Å². The Balaban J connectivity index is 1.38. The SMILES string of the molecule is C=C(/C=C\C=C/N)Cn1c2ccccc2c2cc(-c3ccc4c(c3)c3c(n4-c4ccccc4)=CCCC=3)ccc21. The second kappa shape index (κ2) is 9.94. The highest BCUT2D eigenvalue weighted by Gasteiger charge is 2.15. The summed E-state index contributed by atoms with van der Waals surface area (Å²) in [7, 11) is 0. The first-order valence-electron chi connectivity index (χ1n) is 13.9. The van der Waals surface area contributed by atoms with Crippen LogP contribution in [0.3, 0.4) is 0 Å². The highest BCUT2D eigenvalue weighted by molar-refractivity contribution is 6.09. The average molecular weight is 518 g/mol. The molecule has 0 saturated heterocycles. The van der Waals surface area contributed by atoms with Gasteiger partial charge in [0.05, 0.1) is 5.52 Å². The van der Waals surface area contributed by atoms with E-state index in [1.165, 1.54) is 66.3 Å². The predicted octanol–water partition coefficient (Wildman–Crippen LogP) is 7.35. The molecule has 0 saturated carbocycles. The van der Waals surface area contributed by atoms with Crippen molar-refractivity contribution in [1.29, 1.82) is 0 Å². The number of benzene rings is 4. The van der Waals surface area contributed by atoms with E-state index in [4.69, 9.17) is 5.73 Å². The summed E-state index contributed by atoms with van der Waals surface area (Å²) in [6, 6.07) is 33.1. The van der Waals surface area contributed by atoms with Crippen LogP contribution in [0.25, 0.3) is 61.7 Å². The molecule has 2 aromatic heterocycles. The van der Waals surface area contributed by atoms with Crippen LogP contribution >= 0.6 is 0 Å². The minimum atomic E-state index is 0.718. The maximum atomic E-state index is 5.48. The van der Waals surface area contributed by atoms with Crippen molar-refractivity contribution in [3.63, 3.8) is 0 Å². The molecule has 2 heterocycles. The van der Waals surface area contributed by atoms with Crippen LogP contribution in [0.1, 0.15) is 12.8 Å². The third-order valence-electron chi connectivity index (χ3n) is 7.93. The zero-order valence-electron chi connectivity index (χ0n) is 22.4. The molecule has 7 rings (SSSR count). The molecule has 1 aliphatic rings. The number of allylic oxidation sites excluding steroid dienone is 4. The third kappa shape index (κ3) is 3.99. The van der Waals surface area contributed by atoms with Crippen LogP contribution in [-0.2, 0) is 6.54 Å². The van der Waals surface area contributed by atoms with E-state index in [2.05, 4.69) is 119 Å². The lowest BCUT2D eigenvalue weighted by atomic mass is 10.0. The Kier molecular flexibility index (Phi) is 5.98. The Labute approximate surface area is 233 Å². The molecule has 3 heteroatoms. The first-order chi connectivity index (χ1) is 19.7. The number of nitrogens with two attached hydrogens (primary N) is 1. The van der Waals surface area contributed by atoms with Crippen LogP contribution in [0.5, 0.6) is 0 Å². The Hall–Kier alpha value is -5.02. The molecule has 6 aromatic rings. The number of fused-ring (bicyclic) bond motifs is 6. The summed E-state index contributed by atoms with van der Waals surface area (Å²) in [6.45, 7) is 5.00. The van der Waals surface area contributed by atoms with E-state index in [9.17, 15) is 0 Å². The predicted molar refractivity (Wildman–Crippen MR) is 171 cm³/mol. The molecule has 1 aliphatic carbocycles. The van der Waals surface area contributed by atoms with Crippen molar-refractivity contribution in [1.82, 2.24) is 9.13 Å². The van der Waals surface area contributed by atoms with E-state index in [1.807, 2.05) is 18.2 Å². The van der Waals surface area contributed by atoms with E-state index in [-0.39, 0.29) is 0 Å². The summed E-state index contributed by atoms with van der Waals surface area (Å²) >= 11 is 0. The van der Waals surface area contributed by atoms with Gasteiger partial charge in [0.25, 0.3) is 0 Å². The quantitative estimate of drug-likeness (QED) is 0.231. The Morgan fingerprint density at radius 3 is 2.25 bits per heavy atom. The first kappa shape index (κ1) is 24.1. The van der Waals surface area contributed by atoms with Crippen molar-refractivity contribution in [2.75, 3.05) is 0 Å². The second-order valence-corrected chi connectivity index (χ2v) is 10.4. The first-order valence-corrected chi connectivity index (χ1v) is 13.9. The molecule has 0 atom stereocenters. The van der Waals surface area contributed by atoms with Crippen molar-refractivity contribution >= 4 is 44.9 Å². The average Bonchev–Trinajstić information content (AvgIpc) is 3.50. The van der Waals surface area contributed by atoms with Gasteiger partial charge in [-0.25, -0.2) is 0 Å². The largest absolute Gasteiger partial charge is 0.405 e. The molecular weight excluding hydrogens is 486 g/mol. The number of para-hydroxylation sites is 2. The maximum absolute atomic E-state index is 5.48. The molecule has 40 heavy (non-hydrogen) atoms. The maximum Gasteiger partial charge on any atom is 0.0541 e. The van der Waals surface area contributed by atoms with Crippen LogP contribution in [-0.4, -0.2) is 9.13 Å². The molecule has 194 valence electrons. The van der Waals surface area contributed by atoms with Crippen LogP contribution in [0.2, 0.25) is 0 Å². The molecule has 0 spiro atoms. The normalized spacial score (nSPS) is 13.3. The minimum Gasteiger partial charge on any atom is -0.405 e. The molecule has 0 fully saturated rings. The molecule has 4 aromatic carbocycles. The Bertz CT molecular complexity index is 2100. The molecule has 0 aliphatic heterocycles. The zero-order valence-corrected chi connectivity index (χ0v) is 22.4. The second-order valence-electron chi connectivity index (χ2n) is 10.4. The number of hydrogen-bond acceptors (Lipinski definition) is 1. The van der Waals surface area contributed by atoms with E-state index in [1.54, 1.807) is 0 Å². The van der Waals surface area contributed by atoms with Crippen molar-refractivity contribution in [3.05, 3.63) is 138 Å². The fourth-order valence-electron chi connectivity index (χ4n) is 6.15. The Morgan fingerprint density at radius 1 is 0.725 bits per heavy atom. The summed E-state index contributed by atoms with van der Waals surface area (Å²) in [5, 5.41) is 6.48. The minimum absolute atomic E-state index is 0.718. The monoisotopic (exact) mass is 517 g/mol. The fraction of sp³-hybridized carbons (Fsp3) is 0.0811. The molecule has 0 radical (unpaired) electrons. The van der Waals surface area contributed by atoms with E-state index < -0.39 is 0 Å². The van der Waals surface area contributed by atoms with Crippen molar-refractivity contribution in [2.45, 2.75) is 19.4 Å². The molecular formula is C37H31N3. The van der Waals surface area contributed by atoms with Gasteiger partial charge in [-0.15, -0.1) is 0 Å². The lowest BCUT2D eigenvalue weighted by Crippen LogP contribution is -2.30. The van der Waals surface area contributed by atoms with Gasteiger partial charge >= 0.3 is 0 Å². The van der Waals surface area contributed by atoms with Gasteiger partial charge in [0.1, 0.15) is 0 Å². The van der Waals surface area contributed by atoms with Gasteiger partial charge in [0.2, 0.25) is 0 Å². The summed E-state index contributed by atoms with van der Waals surface area (Å²) in [6.07, 6.45) is 14.3. The molecule has 0 unspecified atom stereocenters. The molecule has 3 nitrogen and oxygen atoms in total. The van der Waals surface area contributed by atoms with Crippen molar-refractivity contribution in [2.24, 2.45) is 5.73 Å². The summed E-state index contributed by atoms with van der Waals surface area (Å²) in [5.74, 6) is 0. The topological polar surface area (TPSA) is 35.9 Å². The van der Waals surface area contributed by atoms with Crippen molar-refractivity contribution in [3.8, 4) is 16.8 Å². The van der Waals surface area contributed by atoms with E-state index in [0.717, 1.165) is 25.0 Å². The summed E-state index contributed by atoms with van der Waals surface area (Å²) in [5.41, 5.74) is 13.9. The van der Waals surface area contributed by atoms with Crippen molar-refractivity contribution < 1.29 is 0 Å². The number of aromatic nitrogens is 2. The van der Waals surface area contributed by atoms with Crippen LogP contribution < -0.4 is 16.3 Å². The summed E-state index contributed by atoms with van der Waals surface area (Å²) in [4.78, 5) is 0. The smallest absolute Gasteiger partial charge is 0.0541 e. The van der Waals surface area contributed by atoms with Crippen LogP contribution in [0.4, 0.5) is 0 Å². The molecule has 0 amide bonds. The van der Waals surface area contributed by atoms with E-state index >= 15 is 0 Å². The number of nitrogens with zero attached hydrogens (tertiary/aromatic N) is 2. The van der Waals surface area contributed by atoms with Crippen LogP contribution in [0.15, 0.2) is 128 Å². The van der Waals surface area contributed by atoms with Gasteiger partial charge in [-0.3, -0.25) is 0 Å². The molecule has 2 N–H and O–H groups in total. The number of rotatable bonds is 6. The fourth-order valence-corrected chi connectivity index (χ4v) is 6.15. The van der Waals surface area contributed by atoms with Gasteiger partial charge in [-0.05, 0) is 84.3 Å². The Morgan fingerprint density at radius 2 is 1.43 bits per heavy atom. The number of hydrogen-bond donors (Lipinski definition) is 1. The highest BCUT2D eigenvalue weighted by atomic mass is 15.0. The standard InChI is InChI=1S/C37H31N3/c1-26(11-9-10-22-38)25-39-34-16-7-5-14-30(34)32-23-27(18-20-35(32)39)28-19-21-37-33(24-28)31-15-6-8-17-36(31)40(37)29-12-3-2-4-13-29/h2-5,7,9-24H,1,6,8,25,38H2/b11-9-,22-10-. The molecule has 0 bridgehead atoms. The van der Waals surface area contributed by atoms with Gasteiger partial charge in [0.15, 0.2) is 0 Å². The lowest BCUT2D eigenvalue weighted by molar-refractivity contribution is 0.871. The zero-order chi connectivity index (χ0) is 27.1. The lowest BCUT2D eigenvalue weighted by Gasteiger charge is -2.09. The van der Waals surface area contributed by atoms with Crippen LogP contribution in [0, 0.1) is 0 Å². The van der Waals surface area contributed by atoms with Gasteiger partial charge in [-0.2, -0.15) is 0 Å². The van der Waals surface area contributed by atoms with Gasteiger partial charge in [0, 0.05) is 50.0 Å². The third-order valence-corrected chi connectivity index (χ3v) is 7.93.